The summed E-state index contributed by atoms with van der Waals surface area (Å²) in [5.41, 5.74) is 17.8. The fourth-order valence-corrected chi connectivity index (χ4v) is 8.79. The third kappa shape index (κ3) is 5.51. The third-order valence-corrected chi connectivity index (χ3v) is 11.4. The third-order valence-electron chi connectivity index (χ3n) is 11.4. The van der Waals surface area contributed by atoms with Crippen LogP contribution in [0.1, 0.15) is 11.1 Å². The second kappa shape index (κ2) is 13.5. The Balaban J connectivity index is 1.08. The van der Waals surface area contributed by atoms with Crippen molar-refractivity contribution in [2.24, 2.45) is 0 Å². The van der Waals surface area contributed by atoms with Gasteiger partial charge in [0, 0.05) is 45.1 Å². The summed E-state index contributed by atoms with van der Waals surface area (Å²) >= 11 is 0. The van der Waals surface area contributed by atoms with Crippen molar-refractivity contribution in [1.29, 1.82) is 0 Å². The Morgan fingerprint density at radius 3 is 1.19 bits per heavy atom. The average molecular weight is 744 g/mol. The fourth-order valence-electron chi connectivity index (χ4n) is 8.79. The van der Waals surface area contributed by atoms with E-state index in [-0.39, 0.29) is 0 Å². The molecular formula is C53H37N5. The van der Waals surface area contributed by atoms with Crippen LogP contribution in [0.5, 0.6) is 0 Å². The molecular weight excluding hydrogens is 707 g/mol. The topological polar surface area (TPSA) is 48.5 Å². The number of fused-ring (bicyclic) bond motifs is 6. The molecule has 0 amide bonds. The number of aromatic nitrogens is 5. The largest absolute Gasteiger partial charge is 0.308 e. The molecule has 5 heterocycles. The normalized spacial score (nSPS) is 11.6. The van der Waals surface area contributed by atoms with E-state index >= 15 is 0 Å². The highest BCUT2D eigenvalue weighted by Gasteiger charge is 2.19. The second-order valence-corrected chi connectivity index (χ2v) is 15.1. The van der Waals surface area contributed by atoms with Crippen molar-refractivity contribution in [3.05, 3.63) is 200 Å². The molecule has 0 saturated carbocycles. The first kappa shape index (κ1) is 33.7. The molecule has 0 radical (unpaired) electrons. The van der Waals surface area contributed by atoms with Gasteiger partial charge in [-0.2, -0.15) is 0 Å². The predicted octanol–water partition coefficient (Wildman–Crippen LogP) is 13.4. The van der Waals surface area contributed by atoms with E-state index in [9.17, 15) is 0 Å². The molecule has 0 saturated heterocycles. The summed E-state index contributed by atoms with van der Waals surface area (Å²) in [4.78, 5) is 14.3. The molecule has 0 fully saturated rings. The van der Waals surface area contributed by atoms with E-state index in [4.69, 9.17) is 15.0 Å². The van der Waals surface area contributed by atoms with E-state index in [1.165, 1.54) is 32.7 Å². The first-order chi connectivity index (χ1) is 28.6. The van der Waals surface area contributed by atoms with Crippen molar-refractivity contribution in [1.82, 2.24) is 24.1 Å². The summed E-state index contributed by atoms with van der Waals surface area (Å²) in [6.45, 7) is 4.33. The zero-order valence-electron chi connectivity index (χ0n) is 32.1. The van der Waals surface area contributed by atoms with E-state index in [0.29, 0.717) is 0 Å². The van der Waals surface area contributed by atoms with Gasteiger partial charge in [0.1, 0.15) is 0 Å². The average Bonchev–Trinajstić information content (AvgIpc) is 3.78. The van der Waals surface area contributed by atoms with Crippen LogP contribution in [0.15, 0.2) is 189 Å². The zero-order chi connectivity index (χ0) is 38.7. The lowest BCUT2D eigenvalue weighted by atomic mass is 9.96. The Kier molecular flexibility index (Phi) is 7.86. The Morgan fingerprint density at radius 1 is 0.362 bits per heavy atom. The highest BCUT2D eigenvalue weighted by Crippen LogP contribution is 2.40. The number of pyridine rings is 3. The quantitative estimate of drug-likeness (QED) is 0.170. The fraction of sp³-hybridized carbons (Fsp3) is 0.0377. The van der Waals surface area contributed by atoms with Crippen LogP contribution >= 0.6 is 0 Å². The molecule has 11 aromatic rings. The summed E-state index contributed by atoms with van der Waals surface area (Å²) in [6.07, 6.45) is 7.68. The lowest BCUT2D eigenvalue weighted by molar-refractivity contribution is 1.09. The first-order valence-corrected chi connectivity index (χ1v) is 19.7. The Labute approximate surface area is 336 Å². The summed E-state index contributed by atoms with van der Waals surface area (Å²) < 4.78 is 4.72. The molecule has 274 valence electrons. The maximum Gasteiger partial charge on any atom is 0.0708 e. The number of nitrogens with zero attached hydrogens (tertiary/aromatic N) is 5. The highest BCUT2D eigenvalue weighted by molar-refractivity contribution is 6.12. The van der Waals surface area contributed by atoms with Crippen molar-refractivity contribution in [3.8, 4) is 56.1 Å². The van der Waals surface area contributed by atoms with Crippen LogP contribution < -0.4 is 0 Å². The van der Waals surface area contributed by atoms with Crippen molar-refractivity contribution in [2.75, 3.05) is 0 Å². The summed E-state index contributed by atoms with van der Waals surface area (Å²) in [7, 11) is 0. The van der Waals surface area contributed by atoms with Gasteiger partial charge in [-0.05, 0) is 115 Å². The molecule has 0 bridgehead atoms. The predicted molar refractivity (Wildman–Crippen MR) is 240 cm³/mol. The zero-order valence-corrected chi connectivity index (χ0v) is 32.1. The summed E-state index contributed by atoms with van der Waals surface area (Å²) in [5.74, 6) is 0. The molecule has 5 aromatic heterocycles. The van der Waals surface area contributed by atoms with Gasteiger partial charge in [-0.1, -0.05) is 96.1 Å². The molecule has 11 rings (SSSR count). The Morgan fingerprint density at radius 2 is 0.759 bits per heavy atom. The van der Waals surface area contributed by atoms with Crippen LogP contribution in [0, 0.1) is 13.8 Å². The molecule has 0 aliphatic rings. The minimum Gasteiger partial charge on any atom is -0.308 e. The molecule has 0 spiro atoms. The summed E-state index contributed by atoms with van der Waals surface area (Å²) in [6, 6.07) is 58.7. The van der Waals surface area contributed by atoms with Crippen LogP contribution in [0.3, 0.4) is 0 Å². The molecule has 0 N–H and O–H groups in total. The second-order valence-electron chi connectivity index (χ2n) is 15.1. The first-order valence-electron chi connectivity index (χ1n) is 19.7. The standard InChI is InChI=1S/C53H37N5/c1-34-17-21-50-44(27-34)46-29-36(40-11-3-5-13-42(40)48-15-7-9-25-55-48)19-23-52(46)57(50)38-31-39(33-54-32-38)58-51-22-18-35(2)28-45(51)47-30-37(20-24-53(47)58)41-12-4-6-14-43(41)49-16-8-10-26-56-49/h3-33H,1-2H3. The smallest absolute Gasteiger partial charge is 0.0708 e. The number of benzene rings is 6. The highest BCUT2D eigenvalue weighted by atomic mass is 15.0. The van der Waals surface area contributed by atoms with E-state index in [2.05, 4.69) is 163 Å². The van der Waals surface area contributed by atoms with Crippen molar-refractivity contribution in [2.45, 2.75) is 13.8 Å². The van der Waals surface area contributed by atoms with Gasteiger partial charge < -0.3 is 9.13 Å². The van der Waals surface area contributed by atoms with Crippen LogP contribution in [-0.4, -0.2) is 24.1 Å². The van der Waals surface area contributed by atoms with Gasteiger partial charge in [0.05, 0.1) is 57.2 Å². The molecule has 0 unspecified atom stereocenters. The molecule has 0 atom stereocenters. The molecule has 0 aliphatic carbocycles. The van der Waals surface area contributed by atoms with E-state index in [1.54, 1.807) is 0 Å². The van der Waals surface area contributed by atoms with E-state index in [1.807, 2.05) is 49.1 Å². The van der Waals surface area contributed by atoms with Crippen molar-refractivity contribution in [3.63, 3.8) is 0 Å². The molecule has 58 heavy (non-hydrogen) atoms. The van der Waals surface area contributed by atoms with Gasteiger partial charge in [-0.25, -0.2) is 0 Å². The van der Waals surface area contributed by atoms with Crippen LogP contribution in [0.2, 0.25) is 0 Å². The lowest BCUT2D eigenvalue weighted by Gasteiger charge is -2.13. The number of hydrogen-bond donors (Lipinski definition) is 0. The Hall–Kier alpha value is -7.63. The van der Waals surface area contributed by atoms with Crippen LogP contribution in [0.4, 0.5) is 0 Å². The minimum atomic E-state index is 0.963. The van der Waals surface area contributed by atoms with Crippen LogP contribution in [-0.2, 0) is 0 Å². The van der Waals surface area contributed by atoms with Gasteiger partial charge in [0.15, 0.2) is 0 Å². The lowest BCUT2D eigenvalue weighted by Crippen LogP contribution is -2.00. The van der Waals surface area contributed by atoms with Gasteiger partial charge in [0.25, 0.3) is 0 Å². The van der Waals surface area contributed by atoms with E-state index < -0.39 is 0 Å². The molecule has 5 heteroatoms. The number of aryl methyl sites for hydroxylation is 2. The number of rotatable bonds is 6. The maximum absolute atomic E-state index is 4.92. The molecule has 6 aromatic carbocycles. The monoisotopic (exact) mass is 743 g/mol. The minimum absolute atomic E-state index is 0.963. The van der Waals surface area contributed by atoms with Crippen LogP contribution in [0.25, 0.3) is 99.8 Å². The van der Waals surface area contributed by atoms with Crippen molar-refractivity contribution < 1.29 is 0 Å². The van der Waals surface area contributed by atoms with E-state index in [0.717, 1.165) is 78.2 Å². The van der Waals surface area contributed by atoms with Gasteiger partial charge in [-0.3, -0.25) is 15.0 Å². The number of hydrogen-bond acceptors (Lipinski definition) is 3. The Bertz CT molecular complexity index is 3140. The molecule has 0 aliphatic heterocycles. The van der Waals surface area contributed by atoms with Crippen molar-refractivity contribution >= 4 is 43.6 Å². The SMILES string of the molecule is Cc1ccc2c(c1)c1cc(-c3ccccc3-c3ccccn3)ccc1n2-c1cncc(-n2c3ccc(C)cc3c3cc(-c4ccccc4-c4ccccn4)ccc32)c1. The van der Waals surface area contributed by atoms with Gasteiger partial charge >= 0.3 is 0 Å². The van der Waals surface area contributed by atoms with Gasteiger partial charge in [-0.15, -0.1) is 0 Å². The van der Waals surface area contributed by atoms with Gasteiger partial charge in [0.2, 0.25) is 0 Å². The molecule has 5 nitrogen and oxygen atoms in total. The maximum atomic E-state index is 4.92. The summed E-state index contributed by atoms with van der Waals surface area (Å²) in [5, 5.41) is 4.82.